The molecule has 20 heavy (non-hydrogen) atoms. The smallest absolute Gasteiger partial charge is 0.141 e. The normalized spacial score (nSPS) is 10.2. The summed E-state index contributed by atoms with van der Waals surface area (Å²) in [5.41, 5.74) is 4.55. The Bertz CT molecular complexity index is 540. The van der Waals surface area contributed by atoms with Crippen LogP contribution in [0.3, 0.4) is 0 Å². The minimum Gasteiger partial charge on any atom is -0.496 e. The molecule has 3 heteroatoms. The van der Waals surface area contributed by atoms with Crippen LogP contribution in [-0.4, -0.2) is 14.2 Å². The molecule has 0 amide bonds. The van der Waals surface area contributed by atoms with Gasteiger partial charge in [0.05, 0.1) is 19.9 Å². The van der Waals surface area contributed by atoms with Gasteiger partial charge in [0, 0.05) is 12.1 Å². The second kappa shape index (κ2) is 6.33. The number of hydrogen-bond acceptors (Lipinski definition) is 3. The maximum absolute atomic E-state index is 5.40. The van der Waals surface area contributed by atoms with E-state index in [1.54, 1.807) is 14.2 Å². The highest BCUT2D eigenvalue weighted by Gasteiger charge is 2.06. The molecular formula is C17H21NO2. The standard InChI is InChI=1S/C17H21NO2/c1-12-5-7-16(19-3)14(9-12)11-18-15-10-13(2)6-8-17(15)20-4/h5-10,18H,11H2,1-4H3. The Balaban J connectivity index is 2.20. The molecule has 0 atom stereocenters. The van der Waals surface area contributed by atoms with Crippen molar-refractivity contribution in [3.63, 3.8) is 0 Å². The summed E-state index contributed by atoms with van der Waals surface area (Å²) in [7, 11) is 3.38. The molecule has 0 radical (unpaired) electrons. The van der Waals surface area contributed by atoms with Gasteiger partial charge in [0.2, 0.25) is 0 Å². The van der Waals surface area contributed by atoms with Crippen molar-refractivity contribution >= 4 is 5.69 Å². The van der Waals surface area contributed by atoms with Gasteiger partial charge in [-0.25, -0.2) is 0 Å². The zero-order valence-corrected chi connectivity index (χ0v) is 12.5. The molecule has 2 aromatic rings. The molecule has 0 heterocycles. The van der Waals surface area contributed by atoms with Gasteiger partial charge in [-0.3, -0.25) is 0 Å². The monoisotopic (exact) mass is 271 g/mol. The van der Waals surface area contributed by atoms with Crippen LogP contribution in [0.2, 0.25) is 0 Å². The van der Waals surface area contributed by atoms with Crippen molar-refractivity contribution in [1.82, 2.24) is 0 Å². The molecule has 0 aliphatic rings. The van der Waals surface area contributed by atoms with Crippen LogP contribution in [0.5, 0.6) is 11.5 Å². The van der Waals surface area contributed by atoms with Gasteiger partial charge in [0.15, 0.2) is 0 Å². The Kier molecular flexibility index (Phi) is 4.51. The van der Waals surface area contributed by atoms with E-state index in [4.69, 9.17) is 9.47 Å². The first-order valence-electron chi connectivity index (χ1n) is 6.66. The van der Waals surface area contributed by atoms with Crippen molar-refractivity contribution in [2.45, 2.75) is 20.4 Å². The van der Waals surface area contributed by atoms with Gasteiger partial charge >= 0.3 is 0 Å². The predicted octanol–water partition coefficient (Wildman–Crippen LogP) is 3.93. The number of hydrogen-bond donors (Lipinski definition) is 1. The molecule has 2 rings (SSSR count). The molecule has 0 saturated carbocycles. The van der Waals surface area contributed by atoms with E-state index in [-0.39, 0.29) is 0 Å². The third-order valence-electron chi connectivity index (χ3n) is 3.26. The summed E-state index contributed by atoms with van der Waals surface area (Å²) in [6.07, 6.45) is 0. The summed E-state index contributed by atoms with van der Waals surface area (Å²) in [5, 5.41) is 3.42. The summed E-state index contributed by atoms with van der Waals surface area (Å²) >= 11 is 0. The van der Waals surface area contributed by atoms with Crippen LogP contribution in [0.4, 0.5) is 5.69 Å². The van der Waals surface area contributed by atoms with Crippen LogP contribution in [0.1, 0.15) is 16.7 Å². The number of rotatable bonds is 5. The molecule has 1 N–H and O–H groups in total. The zero-order valence-electron chi connectivity index (χ0n) is 12.5. The number of nitrogens with one attached hydrogen (secondary N) is 1. The maximum atomic E-state index is 5.40. The van der Waals surface area contributed by atoms with Crippen molar-refractivity contribution in [2.24, 2.45) is 0 Å². The first-order chi connectivity index (χ1) is 9.63. The minimum atomic E-state index is 0.699. The fourth-order valence-corrected chi connectivity index (χ4v) is 2.20. The molecule has 0 aliphatic carbocycles. The van der Waals surface area contributed by atoms with Gasteiger partial charge in [0.1, 0.15) is 11.5 Å². The number of aryl methyl sites for hydroxylation is 2. The van der Waals surface area contributed by atoms with E-state index < -0.39 is 0 Å². The Morgan fingerprint density at radius 1 is 0.850 bits per heavy atom. The zero-order chi connectivity index (χ0) is 14.5. The Morgan fingerprint density at radius 2 is 1.45 bits per heavy atom. The van der Waals surface area contributed by atoms with E-state index >= 15 is 0 Å². The molecule has 106 valence electrons. The molecule has 3 nitrogen and oxygen atoms in total. The first-order valence-corrected chi connectivity index (χ1v) is 6.66. The SMILES string of the molecule is COc1ccc(C)cc1CNc1cc(C)ccc1OC. The summed E-state index contributed by atoms with van der Waals surface area (Å²) in [6.45, 7) is 4.85. The van der Waals surface area contributed by atoms with Crippen LogP contribution < -0.4 is 14.8 Å². The van der Waals surface area contributed by atoms with Crippen LogP contribution in [0, 0.1) is 13.8 Å². The lowest BCUT2D eigenvalue weighted by Crippen LogP contribution is -2.03. The lowest BCUT2D eigenvalue weighted by Gasteiger charge is -2.14. The quantitative estimate of drug-likeness (QED) is 0.893. The number of methoxy groups -OCH3 is 2. The van der Waals surface area contributed by atoms with E-state index in [0.717, 1.165) is 22.7 Å². The topological polar surface area (TPSA) is 30.5 Å². The Labute approximate surface area is 120 Å². The number of ether oxygens (including phenoxy) is 2. The predicted molar refractivity (Wildman–Crippen MR) is 82.8 cm³/mol. The van der Waals surface area contributed by atoms with Gasteiger partial charge in [-0.2, -0.15) is 0 Å². The molecule has 0 unspecified atom stereocenters. The van der Waals surface area contributed by atoms with E-state index in [2.05, 4.69) is 37.4 Å². The fraction of sp³-hybridized carbons (Fsp3) is 0.294. The first kappa shape index (κ1) is 14.3. The second-order valence-corrected chi connectivity index (χ2v) is 4.87. The summed E-state index contributed by atoms with van der Waals surface area (Å²) in [6, 6.07) is 12.3. The van der Waals surface area contributed by atoms with Crippen LogP contribution in [0.15, 0.2) is 36.4 Å². The molecule has 0 bridgehead atoms. The van der Waals surface area contributed by atoms with Crippen molar-refractivity contribution < 1.29 is 9.47 Å². The molecule has 0 fully saturated rings. The molecular weight excluding hydrogens is 250 g/mol. The number of benzene rings is 2. The molecule has 2 aromatic carbocycles. The van der Waals surface area contributed by atoms with Crippen molar-refractivity contribution in [3.8, 4) is 11.5 Å². The lowest BCUT2D eigenvalue weighted by molar-refractivity contribution is 0.409. The fourth-order valence-electron chi connectivity index (χ4n) is 2.20. The average molecular weight is 271 g/mol. The average Bonchev–Trinajstić information content (AvgIpc) is 2.45. The second-order valence-electron chi connectivity index (χ2n) is 4.87. The highest BCUT2D eigenvalue weighted by Crippen LogP contribution is 2.27. The van der Waals surface area contributed by atoms with Crippen molar-refractivity contribution in [3.05, 3.63) is 53.1 Å². The summed E-state index contributed by atoms with van der Waals surface area (Å²) in [5.74, 6) is 1.75. The third kappa shape index (κ3) is 3.23. The molecule has 0 saturated heterocycles. The van der Waals surface area contributed by atoms with E-state index in [0.29, 0.717) is 6.54 Å². The molecule has 0 spiro atoms. The van der Waals surface area contributed by atoms with Gasteiger partial charge in [-0.1, -0.05) is 23.8 Å². The minimum absolute atomic E-state index is 0.699. The number of anilines is 1. The highest BCUT2D eigenvalue weighted by atomic mass is 16.5. The van der Waals surface area contributed by atoms with Crippen LogP contribution >= 0.6 is 0 Å². The summed E-state index contributed by atoms with van der Waals surface area (Å²) < 4.78 is 10.8. The van der Waals surface area contributed by atoms with E-state index in [1.165, 1.54) is 11.1 Å². The molecule has 0 aromatic heterocycles. The van der Waals surface area contributed by atoms with Crippen LogP contribution in [-0.2, 0) is 6.54 Å². The van der Waals surface area contributed by atoms with Gasteiger partial charge in [0.25, 0.3) is 0 Å². The largest absolute Gasteiger partial charge is 0.496 e. The maximum Gasteiger partial charge on any atom is 0.141 e. The summed E-state index contributed by atoms with van der Waals surface area (Å²) in [4.78, 5) is 0. The van der Waals surface area contributed by atoms with Gasteiger partial charge in [-0.05, 0) is 37.6 Å². The van der Waals surface area contributed by atoms with Crippen molar-refractivity contribution in [1.29, 1.82) is 0 Å². The third-order valence-corrected chi connectivity index (χ3v) is 3.26. The van der Waals surface area contributed by atoms with Gasteiger partial charge in [-0.15, -0.1) is 0 Å². The Hall–Kier alpha value is -2.16. The van der Waals surface area contributed by atoms with Crippen LogP contribution in [0.25, 0.3) is 0 Å². The molecule has 0 aliphatic heterocycles. The lowest BCUT2D eigenvalue weighted by atomic mass is 10.1. The highest BCUT2D eigenvalue weighted by molar-refractivity contribution is 5.58. The van der Waals surface area contributed by atoms with Gasteiger partial charge < -0.3 is 14.8 Å². The van der Waals surface area contributed by atoms with Crippen molar-refractivity contribution in [2.75, 3.05) is 19.5 Å². The van der Waals surface area contributed by atoms with E-state index in [9.17, 15) is 0 Å². The van der Waals surface area contributed by atoms with E-state index in [1.807, 2.05) is 18.2 Å². The Morgan fingerprint density at radius 3 is 2.10 bits per heavy atom.